The summed E-state index contributed by atoms with van der Waals surface area (Å²) in [5, 5.41) is 2.81. The molecule has 1 aromatic carbocycles. The molecular formula is C10H10Br2F3NO2. The fraction of sp³-hybridized carbons (Fsp3) is 0.400. The van der Waals surface area contributed by atoms with Gasteiger partial charge in [-0.15, -0.1) is 13.2 Å². The first-order chi connectivity index (χ1) is 8.33. The number of rotatable bonds is 5. The van der Waals surface area contributed by atoms with Gasteiger partial charge in [-0.25, -0.2) is 0 Å². The third kappa shape index (κ3) is 5.03. The van der Waals surface area contributed by atoms with Crippen LogP contribution in [0.2, 0.25) is 0 Å². The van der Waals surface area contributed by atoms with E-state index in [-0.39, 0.29) is 6.54 Å². The van der Waals surface area contributed by atoms with Crippen LogP contribution in [0.25, 0.3) is 0 Å². The average Bonchev–Trinajstić information content (AvgIpc) is 2.25. The van der Waals surface area contributed by atoms with Gasteiger partial charge in [0.25, 0.3) is 0 Å². The number of ether oxygens (including phenoxy) is 2. The van der Waals surface area contributed by atoms with E-state index in [0.29, 0.717) is 15.9 Å². The van der Waals surface area contributed by atoms with Crippen molar-refractivity contribution in [1.29, 1.82) is 0 Å². The maximum absolute atomic E-state index is 11.7. The normalized spacial score (nSPS) is 11.4. The van der Waals surface area contributed by atoms with Crippen molar-refractivity contribution in [3.8, 4) is 5.75 Å². The van der Waals surface area contributed by atoms with E-state index in [4.69, 9.17) is 4.74 Å². The Bertz CT molecular complexity index is 413. The van der Waals surface area contributed by atoms with Crippen molar-refractivity contribution in [1.82, 2.24) is 0 Å². The SMILES string of the molecule is COc1cc(NCCOC(F)(F)F)c(Br)cc1Br. The first kappa shape index (κ1) is 15.6. The monoisotopic (exact) mass is 391 g/mol. The number of anilines is 1. The summed E-state index contributed by atoms with van der Waals surface area (Å²) in [6.07, 6.45) is -4.60. The Morgan fingerprint density at radius 3 is 2.44 bits per heavy atom. The summed E-state index contributed by atoms with van der Waals surface area (Å²) in [7, 11) is 1.50. The van der Waals surface area contributed by atoms with Gasteiger partial charge in [0, 0.05) is 17.1 Å². The van der Waals surface area contributed by atoms with Gasteiger partial charge in [0.15, 0.2) is 0 Å². The van der Waals surface area contributed by atoms with Gasteiger partial charge >= 0.3 is 6.36 Å². The summed E-state index contributed by atoms with van der Waals surface area (Å²) in [5.41, 5.74) is 0.626. The van der Waals surface area contributed by atoms with E-state index in [1.807, 2.05) is 0 Å². The van der Waals surface area contributed by atoms with E-state index in [1.165, 1.54) is 7.11 Å². The van der Waals surface area contributed by atoms with E-state index >= 15 is 0 Å². The average molecular weight is 393 g/mol. The zero-order valence-electron chi connectivity index (χ0n) is 9.28. The molecule has 18 heavy (non-hydrogen) atoms. The van der Waals surface area contributed by atoms with Crippen LogP contribution in [0.3, 0.4) is 0 Å². The van der Waals surface area contributed by atoms with Gasteiger partial charge in [0.1, 0.15) is 5.75 Å². The number of hydrogen-bond acceptors (Lipinski definition) is 3. The van der Waals surface area contributed by atoms with Crippen LogP contribution in [0.15, 0.2) is 21.1 Å². The van der Waals surface area contributed by atoms with Crippen LogP contribution in [-0.4, -0.2) is 26.6 Å². The van der Waals surface area contributed by atoms with Crippen LogP contribution in [0.5, 0.6) is 5.75 Å². The molecule has 0 spiro atoms. The first-order valence-electron chi connectivity index (χ1n) is 4.81. The lowest BCUT2D eigenvalue weighted by Gasteiger charge is -2.12. The Hall–Kier alpha value is -0.470. The third-order valence-corrected chi connectivity index (χ3v) is 3.20. The summed E-state index contributed by atoms with van der Waals surface area (Å²) >= 11 is 6.58. The summed E-state index contributed by atoms with van der Waals surface area (Å²) < 4.78 is 45.4. The first-order valence-corrected chi connectivity index (χ1v) is 6.39. The van der Waals surface area contributed by atoms with Crippen molar-refractivity contribution in [2.45, 2.75) is 6.36 Å². The molecule has 0 fully saturated rings. The molecule has 0 radical (unpaired) electrons. The molecule has 102 valence electrons. The fourth-order valence-electron chi connectivity index (χ4n) is 1.17. The number of alkyl halides is 3. The Labute approximate surface area is 119 Å². The summed E-state index contributed by atoms with van der Waals surface area (Å²) in [6, 6.07) is 3.41. The Morgan fingerprint density at radius 2 is 1.89 bits per heavy atom. The standard InChI is InChI=1S/C10H10Br2F3NO2/c1-17-9-5-8(6(11)4-7(9)12)16-2-3-18-10(13,14)15/h4-5,16H,2-3H2,1H3. The number of halogens is 5. The largest absolute Gasteiger partial charge is 0.522 e. The minimum atomic E-state index is -4.60. The lowest BCUT2D eigenvalue weighted by Crippen LogP contribution is -2.19. The summed E-state index contributed by atoms with van der Waals surface area (Å²) in [6.45, 7) is -0.433. The molecule has 0 amide bonds. The van der Waals surface area contributed by atoms with E-state index in [2.05, 4.69) is 41.9 Å². The minimum absolute atomic E-state index is 0.0307. The molecular weight excluding hydrogens is 383 g/mol. The topological polar surface area (TPSA) is 30.5 Å². The third-order valence-electron chi connectivity index (χ3n) is 1.92. The summed E-state index contributed by atoms with van der Waals surface area (Å²) in [4.78, 5) is 0. The van der Waals surface area contributed by atoms with Crippen LogP contribution < -0.4 is 10.1 Å². The van der Waals surface area contributed by atoms with Crippen LogP contribution in [0, 0.1) is 0 Å². The minimum Gasteiger partial charge on any atom is -0.495 e. The molecule has 1 aromatic rings. The van der Waals surface area contributed by atoms with Gasteiger partial charge in [0.05, 0.1) is 23.9 Å². The second-order valence-electron chi connectivity index (χ2n) is 3.19. The molecule has 0 saturated carbocycles. The molecule has 0 aliphatic carbocycles. The molecule has 1 N–H and O–H groups in total. The van der Waals surface area contributed by atoms with Crippen LogP contribution in [0.4, 0.5) is 18.9 Å². The lowest BCUT2D eigenvalue weighted by atomic mass is 10.3. The molecule has 0 aromatic heterocycles. The second-order valence-corrected chi connectivity index (χ2v) is 4.90. The van der Waals surface area contributed by atoms with Crippen LogP contribution in [-0.2, 0) is 4.74 Å². The van der Waals surface area contributed by atoms with Gasteiger partial charge in [-0.05, 0) is 37.9 Å². The molecule has 0 atom stereocenters. The Balaban J connectivity index is 2.57. The number of hydrogen-bond donors (Lipinski definition) is 1. The quantitative estimate of drug-likeness (QED) is 0.763. The number of methoxy groups -OCH3 is 1. The molecule has 3 nitrogen and oxygen atoms in total. The molecule has 0 heterocycles. The molecule has 0 aliphatic rings. The highest BCUT2D eigenvalue weighted by Crippen LogP contribution is 2.34. The van der Waals surface area contributed by atoms with Crippen molar-refractivity contribution in [3.05, 3.63) is 21.1 Å². The van der Waals surface area contributed by atoms with E-state index in [1.54, 1.807) is 12.1 Å². The van der Waals surface area contributed by atoms with Crippen molar-refractivity contribution >= 4 is 37.5 Å². The smallest absolute Gasteiger partial charge is 0.495 e. The van der Waals surface area contributed by atoms with Crippen molar-refractivity contribution in [3.63, 3.8) is 0 Å². The predicted molar refractivity (Wildman–Crippen MR) is 68.9 cm³/mol. The van der Waals surface area contributed by atoms with Crippen LogP contribution in [0.1, 0.15) is 0 Å². The van der Waals surface area contributed by atoms with Gasteiger partial charge in [-0.2, -0.15) is 0 Å². The molecule has 0 bridgehead atoms. The molecule has 0 aliphatic heterocycles. The van der Waals surface area contributed by atoms with E-state index < -0.39 is 13.0 Å². The van der Waals surface area contributed by atoms with Gasteiger partial charge in [0.2, 0.25) is 0 Å². The maximum Gasteiger partial charge on any atom is 0.522 e. The number of benzene rings is 1. The Kier molecular flexibility index (Phi) is 5.74. The maximum atomic E-state index is 11.7. The molecule has 0 unspecified atom stereocenters. The summed E-state index contributed by atoms with van der Waals surface area (Å²) in [5.74, 6) is 0.581. The van der Waals surface area contributed by atoms with E-state index in [0.717, 1.165) is 4.47 Å². The van der Waals surface area contributed by atoms with Gasteiger partial charge in [-0.3, -0.25) is 4.74 Å². The van der Waals surface area contributed by atoms with Crippen molar-refractivity contribution in [2.75, 3.05) is 25.6 Å². The lowest BCUT2D eigenvalue weighted by molar-refractivity contribution is -0.322. The molecule has 8 heteroatoms. The highest BCUT2D eigenvalue weighted by Gasteiger charge is 2.28. The fourth-order valence-corrected chi connectivity index (χ4v) is 2.47. The Morgan fingerprint density at radius 1 is 1.22 bits per heavy atom. The van der Waals surface area contributed by atoms with Gasteiger partial charge < -0.3 is 10.1 Å². The van der Waals surface area contributed by atoms with E-state index in [9.17, 15) is 13.2 Å². The van der Waals surface area contributed by atoms with Crippen molar-refractivity contribution < 1.29 is 22.6 Å². The van der Waals surface area contributed by atoms with Crippen LogP contribution >= 0.6 is 31.9 Å². The van der Waals surface area contributed by atoms with Crippen molar-refractivity contribution in [2.24, 2.45) is 0 Å². The molecule has 1 rings (SSSR count). The zero-order valence-corrected chi connectivity index (χ0v) is 12.4. The highest BCUT2D eigenvalue weighted by molar-refractivity contribution is 9.11. The zero-order chi connectivity index (χ0) is 13.8. The second kappa shape index (κ2) is 6.63. The van der Waals surface area contributed by atoms with Gasteiger partial charge in [-0.1, -0.05) is 0 Å². The highest BCUT2D eigenvalue weighted by atomic mass is 79.9. The number of nitrogens with one attached hydrogen (secondary N) is 1. The predicted octanol–water partition coefficient (Wildman–Crippen LogP) is 4.17. The molecule has 0 saturated heterocycles.